The SMILES string of the molecule is CC1=CC(C)C(=O)C(C(Br)Br)=C1O. The lowest BCUT2D eigenvalue weighted by molar-refractivity contribution is -0.117. The van der Waals surface area contributed by atoms with Crippen LogP contribution in [0, 0.1) is 5.92 Å². The van der Waals surface area contributed by atoms with E-state index < -0.39 is 0 Å². The highest BCUT2D eigenvalue weighted by Crippen LogP contribution is 2.31. The Labute approximate surface area is 94.0 Å². The van der Waals surface area contributed by atoms with E-state index in [9.17, 15) is 9.90 Å². The van der Waals surface area contributed by atoms with Crippen molar-refractivity contribution in [3.8, 4) is 0 Å². The van der Waals surface area contributed by atoms with Crippen LogP contribution in [0.5, 0.6) is 0 Å². The lowest BCUT2D eigenvalue weighted by Crippen LogP contribution is -2.22. The fourth-order valence-electron chi connectivity index (χ4n) is 1.31. The van der Waals surface area contributed by atoms with Gasteiger partial charge in [0.2, 0.25) is 0 Å². The number of alkyl halides is 2. The van der Waals surface area contributed by atoms with E-state index in [1.807, 2.05) is 6.92 Å². The number of allylic oxidation sites excluding steroid dienone is 3. The maximum Gasteiger partial charge on any atom is 0.171 e. The average molecular weight is 310 g/mol. The summed E-state index contributed by atoms with van der Waals surface area (Å²) >= 11 is 6.44. The lowest BCUT2D eigenvalue weighted by atomic mass is 9.90. The van der Waals surface area contributed by atoms with Gasteiger partial charge in [-0.05, 0) is 12.5 Å². The number of Topliss-reactive ketones (excluding diaryl/α,β-unsaturated/α-hetero) is 1. The summed E-state index contributed by atoms with van der Waals surface area (Å²) in [7, 11) is 0. The minimum Gasteiger partial charge on any atom is -0.507 e. The summed E-state index contributed by atoms with van der Waals surface area (Å²) in [5.41, 5.74) is 1.17. The van der Waals surface area contributed by atoms with Gasteiger partial charge in [0.15, 0.2) is 5.78 Å². The van der Waals surface area contributed by atoms with Gasteiger partial charge in [-0.1, -0.05) is 44.9 Å². The molecule has 0 heterocycles. The van der Waals surface area contributed by atoms with E-state index in [-0.39, 0.29) is 21.2 Å². The first kappa shape index (κ1) is 11.0. The highest BCUT2D eigenvalue weighted by molar-refractivity contribution is 9.24. The zero-order valence-electron chi connectivity index (χ0n) is 7.34. The van der Waals surface area contributed by atoms with Crippen molar-refractivity contribution in [1.29, 1.82) is 0 Å². The summed E-state index contributed by atoms with van der Waals surface area (Å²) in [5, 5.41) is 9.63. The quantitative estimate of drug-likeness (QED) is 0.756. The van der Waals surface area contributed by atoms with E-state index in [1.54, 1.807) is 13.0 Å². The zero-order valence-corrected chi connectivity index (χ0v) is 10.5. The molecule has 72 valence electrons. The lowest BCUT2D eigenvalue weighted by Gasteiger charge is -2.19. The third-order valence-corrected chi connectivity index (χ3v) is 2.94. The molecule has 0 radical (unpaired) electrons. The summed E-state index contributed by atoms with van der Waals surface area (Å²) in [4.78, 5) is 11.6. The second-order valence-corrected chi connectivity index (χ2v) is 6.13. The summed E-state index contributed by atoms with van der Waals surface area (Å²) in [6, 6.07) is 0. The first-order valence-electron chi connectivity index (χ1n) is 3.89. The Morgan fingerprint density at radius 1 is 1.54 bits per heavy atom. The van der Waals surface area contributed by atoms with Gasteiger partial charge in [-0.25, -0.2) is 0 Å². The van der Waals surface area contributed by atoms with Crippen LogP contribution < -0.4 is 0 Å². The average Bonchev–Trinajstić information content (AvgIpc) is 2.01. The minimum absolute atomic E-state index is 0.0400. The molecule has 0 aromatic heterocycles. The Morgan fingerprint density at radius 2 is 2.08 bits per heavy atom. The van der Waals surface area contributed by atoms with Gasteiger partial charge in [0.1, 0.15) is 9.50 Å². The van der Waals surface area contributed by atoms with E-state index >= 15 is 0 Å². The Bertz CT molecular complexity index is 303. The number of rotatable bonds is 1. The van der Waals surface area contributed by atoms with Crippen LogP contribution in [0.4, 0.5) is 0 Å². The van der Waals surface area contributed by atoms with Crippen LogP contribution in [0.3, 0.4) is 0 Å². The monoisotopic (exact) mass is 308 g/mol. The molecule has 0 bridgehead atoms. The maximum absolute atomic E-state index is 11.6. The van der Waals surface area contributed by atoms with Crippen molar-refractivity contribution in [3.63, 3.8) is 0 Å². The molecule has 1 N–H and O–H groups in total. The number of carbonyl (C=O) groups is 1. The summed E-state index contributed by atoms with van der Waals surface area (Å²) in [6.07, 6.45) is 1.77. The largest absolute Gasteiger partial charge is 0.507 e. The van der Waals surface area contributed by atoms with E-state index in [0.717, 1.165) is 5.57 Å². The van der Waals surface area contributed by atoms with Gasteiger partial charge >= 0.3 is 0 Å². The third kappa shape index (κ3) is 2.05. The molecule has 0 aliphatic heterocycles. The van der Waals surface area contributed by atoms with Crippen LogP contribution in [-0.2, 0) is 4.79 Å². The minimum atomic E-state index is -0.279. The molecule has 0 saturated carbocycles. The van der Waals surface area contributed by atoms with Crippen molar-refractivity contribution >= 4 is 37.6 Å². The molecular weight excluding hydrogens is 300 g/mol. The third-order valence-electron chi connectivity index (χ3n) is 2.03. The summed E-state index contributed by atoms with van der Waals surface area (Å²) < 4.78 is -0.279. The fraction of sp³-hybridized carbons (Fsp3) is 0.444. The van der Waals surface area contributed by atoms with Gasteiger partial charge in [-0.15, -0.1) is 0 Å². The van der Waals surface area contributed by atoms with Crippen LogP contribution in [0.2, 0.25) is 0 Å². The van der Waals surface area contributed by atoms with Gasteiger partial charge in [0.25, 0.3) is 0 Å². The smallest absolute Gasteiger partial charge is 0.171 e. The van der Waals surface area contributed by atoms with Gasteiger partial charge in [0.05, 0.1) is 5.57 Å². The van der Waals surface area contributed by atoms with Gasteiger partial charge < -0.3 is 5.11 Å². The number of ketones is 1. The van der Waals surface area contributed by atoms with Crippen molar-refractivity contribution in [2.24, 2.45) is 5.92 Å². The first-order chi connectivity index (χ1) is 5.95. The molecule has 1 aliphatic rings. The van der Waals surface area contributed by atoms with Crippen molar-refractivity contribution in [2.75, 3.05) is 0 Å². The highest BCUT2D eigenvalue weighted by atomic mass is 79.9. The molecule has 0 fully saturated rings. The predicted octanol–water partition coefficient (Wildman–Crippen LogP) is 3.08. The second-order valence-electron chi connectivity index (χ2n) is 3.07. The Morgan fingerprint density at radius 3 is 2.54 bits per heavy atom. The molecule has 1 aliphatic carbocycles. The molecule has 1 rings (SSSR count). The second kappa shape index (κ2) is 3.96. The van der Waals surface area contributed by atoms with Crippen molar-refractivity contribution in [1.82, 2.24) is 0 Å². The topological polar surface area (TPSA) is 37.3 Å². The first-order valence-corrected chi connectivity index (χ1v) is 5.72. The zero-order chi connectivity index (χ0) is 10.2. The molecule has 4 heteroatoms. The molecule has 0 saturated heterocycles. The van der Waals surface area contributed by atoms with Crippen LogP contribution in [0.15, 0.2) is 23.0 Å². The summed E-state index contributed by atoms with van der Waals surface area (Å²) in [5.74, 6) is -0.104. The van der Waals surface area contributed by atoms with Crippen molar-refractivity contribution in [2.45, 2.75) is 17.6 Å². The van der Waals surface area contributed by atoms with Crippen molar-refractivity contribution in [3.05, 3.63) is 23.0 Å². The molecule has 0 aromatic carbocycles. The summed E-state index contributed by atoms with van der Waals surface area (Å²) in [6.45, 7) is 3.61. The van der Waals surface area contributed by atoms with Gasteiger partial charge in [-0.3, -0.25) is 4.79 Å². The van der Waals surface area contributed by atoms with Crippen molar-refractivity contribution < 1.29 is 9.90 Å². The van der Waals surface area contributed by atoms with E-state index in [4.69, 9.17) is 0 Å². The standard InChI is InChI=1S/C9H10Br2O2/c1-4-3-5(2)8(13)6(7(4)12)9(10)11/h3-4,9,13H,1-2H3. The predicted molar refractivity (Wildman–Crippen MR) is 59.2 cm³/mol. The van der Waals surface area contributed by atoms with Crippen LogP contribution >= 0.6 is 31.9 Å². The molecule has 0 aromatic rings. The molecule has 1 atom stereocenters. The normalized spacial score (nSPS) is 23.9. The molecule has 13 heavy (non-hydrogen) atoms. The molecular formula is C9H10Br2O2. The molecule has 2 nitrogen and oxygen atoms in total. The highest BCUT2D eigenvalue weighted by Gasteiger charge is 2.28. The number of carbonyl (C=O) groups excluding carboxylic acids is 1. The van der Waals surface area contributed by atoms with Crippen LogP contribution in [0.1, 0.15) is 13.8 Å². The number of aliphatic hydroxyl groups is 1. The van der Waals surface area contributed by atoms with E-state index in [0.29, 0.717) is 5.57 Å². The molecule has 1 unspecified atom stereocenters. The maximum atomic E-state index is 11.6. The molecule has 0 amide bonds. The number of hydrogen-bond acceptors (Lipinski definition) is 2. The Balaban J connectivity index is 3.19. The molecule has 0 spiro atoms. The Kier molecular flexibility index (Phi) is 3.35. The Hall–Kier alpha value is -0.0900. The number of aliphatic hydroxyl groups excluding tert-OH is 1. The van der Waals surface area contributed by atoms with Crippen LogP contribution in [0.25, 0.3) is 0 Å². The van der Waals surface area contributed by atoms with Gasteiger partial charge in [0, 0.05) is 5.92 Å². The van der Waals surface area contributed by atoms with Crippen LogP contribution in [-0.4, -0.2) is 14.6 Å². The van der Waals surface area contributed by atoms with E-state index in [2.05, 4.69) is 31.9 Å². The number of halogens is 2. The number of hydrogen-bond donors (Lipinski definition) is 1. The fourth-order valence-corrected chi connectivity index (χ4v) is 2.20. The van der Waals surface area contributed by atoms with Gasteiger partial charge in [-0.2, -0.15) is 0 Å². The van der Waals surface area contributed by atoms with E-state index in [1.165, 1.54) is 0 Å².